The highest BCUT2D eigenvalue weighted by molar-refractivity contribution is 6.42. The Bertz CT molecular complexity index is 405. The van der Waals surface area contributed by atoms with Crippen LogP contribution in [0.15, 0.2) is 18.2 Å². The number of nitrogens with two attached hydrogens (primary N) is 1. The van der Waals surface area contributed by atoms with E-state index in [4.69, 9.17) is 28.9 Å². The van der Waals surface area contributed by atoms with Crippen LogP contribution in [0, 0.1) is 5.92 Å². The van der Waals surface area contributed by atoms with E-state index in [2.05, 4.69) is 13.0 Å². The fourth-order valence-electron chi connectivity index (χ4n) is 3.07. The first kappa shape index (κ1) is 13.2. The minimum Gasteiger partial charge on any atom is -0.330 e. The van der Waals surface area contributed by atoms with E-state index in [9.17, 15) is 0 Å². The predicted molar refractivity (Wildman–Crippen MR) is 74.8 cm³/mol. The maximum Gasteiger partial charge on any atom is 0.0595 e. The average molecular weight is 272 g/mol. The predicted octanol–water partition coefficient (Wildman–Crippen LogP) is 4.40. The first-order chi connectivity index (χ1) is 8.10. The average Bonchev–Trinajstić information content (AvgIpc) is 2.34. The second-order valence-electron chi connectivity index (χ2n) is 5.14. The van der Waals surface area contributed by atoms with Gasteiger partial charge in [0.2, 0.25) is 0 Å². The van der Waals surface area contributed by atoms with Gasteiger partial charge in [-0.15, -0.1) is 0 Å². The van der Waals surface area contributed by atoms with Crippen LogP contribution in [0.25, 0.3) is 0 Å². The van der Waals surface area contributed by atoms with E-state index in [0.717, 1.165) is 6.42 Å². The van der Waals surface area contributed by atoms with Gasteiger partial charge in [-0.1, -0.05) is 49.0 Å². The molecule has 17 heavy (non-hydrogen) atoms. The van der Waals surface area contributed by atoms with E-state index in [-0.39, 0.29) is 5.41 Å². The monoisotopic (exact) mass is 271 g/mol. The van der Waals surface area contributed by atoms with Gasteiger partial charge in [0.05, 0.1) is 10.0 Å². The molecule has 0 spiro atoms. The van der Waals surface area contributed by atoms with E-state index in [1.54, 1.807) is 0 Å². The Morgan fingerprint density at radius 1 is 1.29 bits per heavy atom. The van der Waals surface area contributed by atoms with Crippen LogP contribution in [0.1, 0.15) is 38.2 Å². The van der Waals surface area contributed by atoms with Crippen LogP contribution >= 0.6 is 23.2 Å². The molecule has 2 unspecified atom stereocenters. The number of benzene rings is 1. The zero-order valence-electron chi connectivity index (χ0n) is 10.2. The molecule has 1 aliphatic rings. The molecule has 3 heteroatoms. The van der Waals surface area contributed by atoms with Crippen LogP contribution < -0.4 is 5.73 Å². The molecule has 2 N–H and O–H groups in total. The van der Waals surface area contributed by atoms with Crippen molar-refractivity contribution in [3.05, 3.63) is 33.8 Å². The molecule has 0 aromatic heterocycles. The molecule has 1 aliphatic carbocycles. The second-order valence-corrected chi connectivity index (χ2v) is 5.95. The van der Waals surface area contributed by atoms with Crippen molar-refractivity contribution in [1.82, 2.24) is 0 Å². The molecule has 0 aliphatic heterocycles. The van der Waals surface area contributed by atoms with Crippen LogP contribution in [0.4, 0.5) is 0 Å². The Labute approximate surface area is 113 Å². The fourth-order valence-corrected chi connectivity index (χ4v) is 3.37. The van der Waals surface area contributed by atoms with Gasteiger partial charge in [-0.3, -0.25) is 0 Å². The largest absolute Gasteiger partial charge is 0.330 e. The van der Waals surface area contributed by atoms with Crippen molar-refractivity contribution in [1.29, 1.82) is 0 Å². The van der Waals surface area contributed by atoms with Crippen molar-refractivity contribution in [2.24, 2.45) is 11.7 Å². The van der Waals surface area contributed by atoms with Gasteiger partial charge in [0.1, 0.15) is 0 Å². The Balaban J connectivity index is 2.42. The lowest BCUT2D eigenvalue weighted by atomic mass is 9.63. The van der Waals surface area contributed by atoms with Gasteiger partial charge in [-0.05, 0) is 36.5 Å². The summed E-state index contributed by atoms with van der Waals surface area (Å²) in [7, 11) is 0. The van der Waals surface area contributed by atoms with Crippen LogP contribution in [0.2, 0.25) is 10.0 Å². The maximum atomic E-state index is 6.13. The lowest BCUT2D eigenvalue weighted by molar-refractivity contribution is 0.207. The van der Waals surface area contributed by atoms with E-state index >= 15 is 0 Å². The summed E-state index contributed by atoms with van der Waals surface area (Å²) in [5.74, 6) is 0.610. The molecule has 0 bridgehead atoms. The normalized spacial score (nSPS) is 29.3. The lowest BCUT2D eigenvalue weighted by Crippen LogP contribution is -2.43. The van der Waals surface area contributed by atoms with Crippen LogP contribution in [0.5, 0.6) is 0 Å². The summed E-state index contributed by atoms with van der Waals surface area (Å²) in [6.07, 6.45) is 4.96. The maximum absolute atomic E-state index is 6.13. The Kier molecular flexibility index (Phi) is 4.02. The van der Waals surface area contributed by atoms with Crippen LogP contribution in [-0.2, 0) is 5.41 Å². The van der Waals surface area contributed by atoms with Crippen molar-refractivity contribution >= 4 is 23.2 Å². The molecule has 1 aromatic carbocycles. The van der Waals surface area contributed by atoms with Crippen molar-refractivity contribution in [3.63, 3.8) is 0 Å². The molecule has 1 saturated carbocycles. The minimum absolute atomic E-state index is 0.0898. The van der Waals surface area contributed by atoms with E-state index < -0.39 is 0 Å². The van der Waals surface area contributed by atoms with Gasteiger partial charge in [0, 0.05) is 12.0 Å². The molecule has 0 heterocycles. The summed E-state index contributed by atoms with van der Waals surface area (Å²) in [4.78, 5) is 0. The Morgan fingerprint density at radius 2 is 2.06 bits per heavy atom. The van der Waals surface area contributed by atoms with Crippen molar-refractivity contribution in [3.8, 4) is 0 Å². The summed E-state index contributed by atoms with van der Waals surface area (Å²) in [5.41, 5.74) is 7.41. The number of halogens is 2. The first-order valence-corrected chi connectivity index (χ1v) is 7.01. The zero-order chi connectivity index (χ0) is 12.5. The fraction of sp³-hybridized carbons (Fsp3) is 0.571. The molecule has 0 amide bonds. The molecular formula is C14H19Cl2N. The van der Waals surface area contributed by atoms with E-state index in [1.807, 2.05) is 12.1 Å². The SMILES string of the molecule is CC1CCCCC1(CN)c1ccc(Cl)c(Cl)c1. The third-order valence-electron chi connectivity index (χ3n) is 4.31. The van der Waals surface area contributed by atoms with Crippen LogP contribution in [0.3, 0.4) is 0 Å². The van der Waals surface area contributed by atoms with Crippen molar-refractivity contribution in [2.45, 2.75) is 38.0 Å². The zero-order valence-corrected chi connectivity index (χ0v) is 11.7. The summed E-state index contributed by atoms with van der Waals surface area (Å²) in [6.45, 7) is 2.99. The molecule has 1 nitrogen and oxygen atoms in total. The highest BCUT2D eigenvalue weighted by atomic mass is 35.5. The molecule has 94 valence electrons. The van der Waals surface area contributed by atoms with Gasteiger partial charge in [0.15, 0.2) is 0 Å². The van der Waals surface area contributed by atoms with E-state index in [1.165, 1.54) is 24.8 Å². The summed E-state index contributed by atoms with van der Waals surface area (Å²) in [6, 6.07) is 5.97. The minimum atomic E-state index is 0.0898. The molecule has 0 radical (unpaired) electrons. The first-order valence-electron chi connectivity index (χ1n) is 6.26. The van der Waals surface area contributed by atoms with Gasteiger partial charge in [-0.2, -0.15) is 0 Å². The topological polar surface area (TPSA) is 26.0 Å². The number of rotatable bonds is 2. The van der Waals surface area contributed by atoms with Crippen molar-refractivity contribution < 1.29 is 0 Å². The lowest BCUT2D eigenvalue weighted by Gasteiger charge is -2.42. The Morgan fingerprint density at radius 3 is 2.65 bits per heavy atom. The van der Waals surface area contributed by atoms with E-state index in [0.29, 0.717) is 22.5 Å². The van der Waals surface area contributed by atoms with Gasteiger partial charge in [-0.25, -0.2) is 0 Å². The summed E-state index contributed by atoms with van der Waals surface area (Å²) < 4.78 is 0. The molecule has 2 rings (SSSR count). The number of hydrogen-bond acceptors (Lipinski definition) is 1. The third-order valence-corrected chi connectivity index (χ3v) is 5.05. The third kappa shape index (κ3) is 2.33. The highest BCUT2D eigenvalue weighted by Gasteiger charge is 2.38. The molecule has 2 atom stereocenters. The summed E-state index contributed by atoms with van der Waals surface area (Å²) >= 11 is 12.1. The summed E-state index contributed by atoms with van der Waals surface area (Å²) in [5, 5.41) is 1.25. The smallest absolute Gasteiger partial charge is 0.0595 e. The molecule has 0 saturated heterocycles. The van der Waals surface area contributed by atoms with Gasteiger partial charge in [0.25, 0.3) is 0 Å². The number of hydrogen-bond donors (Lipinski definition) is 1. The quantitative estimate of drug-likeness (QED) is 0.848. The molecule has 1 fully saturated rings. The van der Waals surface area contributed by atoms with Gasteiger partial charge < -0.3 is 5.73 Å². The molecular weight excluding hydrogens is 253 g/mol. The molecule has 1 aromatic rings. The standard InChI is InChI=1S/C14H19Cl2N/c1-10-4-2-3-7-14(10,9-17)11-5-6-12(15)13(16)8-11/h5-6,8,10H,2-4,7,9,17H2,1H3. The highest BCUT2D eigenvalue weighted by Crippen LogP contribution is 2.44. The van der Waals surface area contributed by atoms with Gasteiger partial charge >= 0.3 is 0 Å². The van der Waals surface area contributed by atoms with Crippen molar-refractivity contribution in [2.75, 3.05) is 6.54 Å². The van der Waals surface area contributed by atoms with Crippen LogP contribution in [-0.4, -0.2) is 6.54 Å². The second kappa shape index (κ2) is 5.17. The Hall–Kier alpha value is -0.240.